The van der Waals surface area contributed by atoms with Gasteiger partial charge >= 0.3 is 0 Å². The van der Waals surface area contributed by atoms with Crippen molar-refractivity contribution in [2.24, 2.45) is 5.73 Å². The molecule has 0 saturated heterocycles. The first kappa shape index (κ1) is 11.3. The zero-order chi connectivity index (χ0) is 11.4. The van der Waals surface area contributed by atoms with Gasteiger partial charge in [0.2, 0.25) is 0 Å². The normalized spacial score (nSPS) is 16.6. The van der Waals surface area contributed by atoms with E-state index in [1.54, 1.807) is 6.33 Å². The Morgan fingerprint density at radius 1 is 1.38 bits per heavy atom. The minimum atomic E-state index is 0.241. The largest absolute Gasteiger partial charge is 0.370 e. The second kappa shape index (κ2) is 5.25. The Morgan fingerprint density at radius 3 is 3.00 bits per heavy atom. The molecule has 88 valence electrons. The fourth-order valence-corrected chi connectivity index (χ4v) is 2.09. The molecule has 0 fully saturated rings. The molecule has 0 spiro atoms. The van der Waals surface area contributed by atoms with Crippen LogP contribution in [0.25, 0.3) is 0 Å². The predicted octanol–water partition coefficient (Wildman–Crippen LogP) is 1.50. The third-order valence-electron chi connectivity index (χ3n) is 3.02. The summed E-state index contributed by atoms with van der Waals surface area (Å²) in [6.45, 7) is 2.91. The van der Waals surface area contributed by atoms with Crippen molar-refractivity contribution in [2.75, 3.05) is 11.9 Å². The monoisotopic (exact) mass is 220 g/mol. The Hall–Kier alpha value is -1.16. The molecule has 1 atom stereocenters. The molecule has 0 saturated carbocycles. The van der Waals surface area contributed by atoms with Crippen LogP contribution in [0.3, 0.4) is 0 Å². The zero-order valence-corrected chi connectivity index (χ0v) is 9.87. The van der Waals surface area contributed by atoms with Crippen LogP contribution in [0.15, 0.2) is 6.33 Å². The van der Waals surface area contributed by atoms with Crippen molar-refractivity contribution in [3.63, 3.8) is 0 Å². The average molecular weight is 220 g/mol. The van der Waals surface area contributed by atoms with Crippen molar-refractivity contribution >= 4 is 5.82 Å². The first-order chi connectivity index (χ1) is 7.77. The Labute approximate surface area is 96.7 Å². The lowest BCUT2D eigenvalue weighted by atomic mass is 9.96. The standard InChI is InChI=1S/C12H20N4/c1-9(13)6-7-14-12-10-4-2-3-5-11(10)15-8-16-12/h8-9H,2-7,13H2,1H3,(H,14,15,16). The highest BCUT2D eigenvalue weighted by molar-refractivity contribution is 5.46. The third-order valence-corrected chi connectivity index (χ3v) is 3.02. The fourth-order valence-electron chi connectivity index (χ4n) is 2.09. The molecule has 4 nitrogen and oxygen atoms in total. The summed E-state index contributed by atoms with van der Waals surface area (Å²) in [7, 11) is 0. The summed E-state index contributed by atoms with van der Waals surface area (Å²) in [5.74, 6) is 1.02. The molecule has 1 aromatic rings. The van der Waals surface area contributed by atoms with Crippen molar-refractivity contribution in [3.05, 3.63) is 17.6 Å². The predicted molar refractivity (Wildman–Crippen MR) is 65.4 cm³/mol. The zero-order valence-electron chi connectivity index (χ0n) is 9.87. The van der Waals surface area contributed by atoms with Gasteiger partial charge < -0.3 is 11.1 Å². The van der Waals surface area contributed by atoms with Gasteiger partial charge in [0.1, 0.15) is 12.1 Å². The molecular formula is C12H20N4. The smallest absolute Gasteiger partial charge is 0.132 e. The number of nitrogens with zero attached hydrogens (tertiary/aromatic N) is 2. The van der Waals surface area contributed by atoms with Gasteiger partial charge in [-0.15, -0.1) is 0 Å². The van der Waals surface area contributed by atoms with Crippen LogP contribution in [-0.4, -0.2) is 22.6 Å². The van der Waals surface area contributed by atoms with Crippen LogP contribution in [0.2, 0.25) is 0 Å². The number of anilines is 1. The number of fused-ring (bicyclic) bond motifs is 1. The molecule has 1 heterocycles. The average Bonchev–Trinajstić information content (AvgIpc) is 2.29. The maximum absolute atomic E-state index is 5.72. The molecule has 3 N–H and O–H groups in total. The minimum Gasteiger partial charge on any atom is -0.370 e. The van der Waals surface area contributed by atoms with Gasteiger partial charge in [-0.1, -0.05) is 0 Å². The number of nitrogens with two attached hydrogens (primary N) is 1. The maximum Gasteiger partial charge on any atom is 0.132 e. The van der Waals surface area contributed by atoms with Gasteiger partial charge in [-0.25, -0.2) is 9.97 Å². The topological polar surface area (TPSA) is 63.8 Å². The third kappa shape index (κ3) is 2.70. The van der Waals surface area contributed by atoms with Gasteiger partial charge in [-0.05, 0) is 39.0 Å². The molecule has 1 aliphatic carbocycles. The number of rotatable bonds is 4. The lowest BCUT2D eigenvalue weighted by Gasteiger charge is -2.18. The highest BCUT2D eigenvalue weighted by Crippen LogP contribution is 2.24. The summed E-state index contributed by atoms with van der Waals surface area (Å²) in [4.78, 5) is 8.67. The summed E-state index contributed by atoms with van der Waals surface area (Å²) < 4.78 is 0. The minimum absolute atomic E-state index is 0.241. The summed E-state index contributed by atoms with van der Waals surface area (Å²) in [6, 6.07) is 0.241. The van der Waals surface area contributed by atoms with E-state index >= 15 is 0 Å². The lowest BCUT2D eigenvalue weighted by Crippen LogP contribution is -2.20. The van der Waals surface area contributed by atoms with Crippen LogP contribution in [0.5, 0.6) is 0 Å². The summed E-state index contributed by atoms with van der Waals surface area (Å²) in [5.41, 5.74) is 8.27. The number of aryl methyl sites for hydroxylation is 1. The van der Waals surface area contributed by atoms with Crippen LogP contribution in [-0.2, 0) is 12.8 Å². The number of hydrogen-bond donors (Lipinski definition) is 2. The quantitative estimate of drug-likeness (QED) is 0.807. The molecular weight excluding hydrogens is 200 g/mol. The van der Waals surface area contributed by atoms with E-state index < -0.39 is 0 Å². The molecule has 0 aliphatic heterocycles. The van der Waals surface area contributed by atoms with Crippen molar-refractivity contribution in [2.45, 2.75) is 45.1 Å². The van der Waals surface area contributed by atoms with E-state index in [4.69, 9.17) is 5.73 Å². The maximum atomic E-state index is 5.72. The van der Waals surface area contributed by atoms with Crippen molar-refractivity contribution in [3.8, 4) is 0 Å². The molecule has 2 rings (SSSR count). The van der Waals surface area contributed by atoms with E-state index in [-0.39, 0.29) is 6.04 Å². The Morgan fingerprint density at radius 2 is 2.19 bits per heavy atom. The van der Waals surface area contributed by atoms with Gasteiger partial charge in [0, 0.05) is 23.8 Å². The number of hydrogen-bond acceptors (Lipinski definition) is 4. The lowest BCUT2D eigenvalue weighted by molar-refractivity contribution is 0.658. The van der Waals surface area contributed by atoms with Crippen molar-refractivity contribution in [1.82, 2.24) is 9.97 Å². The highest BCUT2D eigenvalue weighted by atomic mass is 15.0. The van der Waals surface area contributed by atoms with Crippen LogP contribution >= 0.6 is 0 Å². The van der Waals surface area contributed by atoms with E-state index in [1.165, 1.54) is 24.1 Å². The number of aromatic nitrogens is 2. The van der Waals surface area contributed by atoms with Gasteiger partial charge in [-0.3, -0.25) is 0 Å². The Kier molecular flexibility index (Phi) is 3.72. The van der Waals surface area contributed by atoms with Crippen LogP contribution in [0.1, 0.15) is 37.4 Å². The first-order valence-corrected chi connectivity index (χ1v) is 6.09. The number of nitrogens with one attached hydrogen (secondary N) is 1. The van der Waals surface area contributed by atoms with Crippen LogP contribution < -0.4 is 11.1 Å². The van der Waals surface area contributed by atoms with Crippen molar-refractivity contribution in [1.29, 1.82) is 0 Å². The molecule has 0 aromatic carbocycles. The first-order valence-electron chi connectivity index (χ1n) is 6.09. The van der Waals surface area contributed by atoms with Crippen LogP contribution in [0, 0.1) is 0 Å². The van der Waals surface area contributed by atoms with E-state index in [0.29, 0.717) is 0 Å². The van der Waals surface area contributed by atoms with Gasteiger partial charge in [0.15, 0.2) is 0 Å². The summed E-state index contributed by atoms with van der Waals surface area (Å²) in [5, 5.41) is 3.37. The van der Waals surface area contributed by atoms with E-state index in [0.717, 1.165) is 31.6 Å². The fraction of sp³-hybridized carbons (Fsp3) is 0.667. The van der Waals surface area contributed by atoms with Gasteiger partial charge in [-0.2, -0.15) is 0 Å². The molecule has 1 aliphatic rings. The second-order valence-corrected chi connectivity index (χ2v) is 4.55. The molecule has 16 heavy (non-hydrogen) atoms. The van der Waals surface area contributed by atoms with Crippen LogP contribution in [0.4, 0.5) is 5.82 Å². The molecule has 0 amide bonds. The second-order valence-electron chi connectivity index (χ2n) is 4.55. The molecule has 1 aromatic heterocycles. The summed E-state index contributed by atoms with van der Waals surface area (Å²) >= 11 is 0. The molecule has 1 unspecified atom stereocenters. The summed E-state index contributed by atoms with van der Waals surface area (Å²) in [6.07, 6.45) is 7.35. The van der Waals surface area contributed by atoms with Gasteiger partial charge in [0.05, 0.1) is 0 Å². The SMILES string of the molecule is CC(N)CCNc1ncnc2c1CCCC2. The highest BCUT2D eigenvalue weighted by Gasteiger charge is 2.14. The molecule has 0 radical (unpaired) electrons. The van der Waals surface area contributed by atoms with E-state index in [9.17, 15) is 0 Å². The van der Waals surface area contributed by atoms with Crippen molar-refractivity contribution < 1.29 is 0 Å². The van der Waals surface area contributed by atoms with E-state index in [2.05, 4.69) is 15.3 Å². The Balaban J connectivity index is 2.03. The van der Waals surface area contributed by atoms with E-state index in [1.807, 2.05) is 6.92 Å². The van der Waals surface area contributed by atoms with Gasteiger partial charge in [0.25, 0.3) is 0 Å². The Bertz CT molecular complexity index is 349. The molecule has 0 bridgehead atoms. The molecule has 4 heteroatoms.